The molecule has 0 fully saturated rings. The molecule has 1 unspecified atom stereocenters. The van der Waals surface area contributed by atoms with Crippen LogP contribution in [-0.2, 0) is 9.53 Å². The van der Waals surface area contributed by atoms with Gasteiger partial charge in [-0.25, -0.2) is 0 Å². The van der Waals surface area contributed by atoms with Crippen molar-refractivity contribution in [2.45, 2.75) is 19.8 Å². The van der Waals surface area contributed by atoms with Crippen molar-refractivity contribution in [1.82, 2.24) is 0 Å². The fourth-order valence-electron chi connectivity index (χ4n) is 3.11. The van der Waals surface area contributed by atoms with Gasteiger partial charge in [0.15, 0.2) is 11.6 Å². The summed E-state index contributed by atoms with van der Waals surface area (Å²) in [6.07, 6.45) is 0.492. The predicted molar refractivity (Wildman–Crippen MR) is 112 cm³/mol. The van der Waals surface area contributed by atoms with Gasteiger partial charge in [-0.3, -0.25) is 14.4 Å². The van der Waals surface area contributed by atoms with Crippen LogP contribution in [0.3, 0.4) is 0 Å². The third-order valence-corrected chi connectivity index (χ3v) is 5.04. The van der Waals surface area contributed by atoms with Crippen LogP contribution in [0.2, 0.25) is 10.0 Å². The number of halogens is 3. The van der Waals surface area contributed by atoms with E-state index < -0.39 is 5.92 Å². The molecule has 0 N–H and O–H groups in total. The van der Waals surface area contributed by atoms with E-state index in [0.717, 1.165) is 0 Å². The average molecular weight is 578 g/mol. The van der Waals surface area contributed by atoms with E-state index in [1.54, 1.807) is 43.3 Å². The Morgan fingerprint density at radius 2 is 1.65 bits per heavy atom. The highest BCUT2D eigenvalue weighted by Gasteiger charge is 2.31. The van der Waals surface area contributed by atoms with Crippen LogP contribution in [0.5, 0.6) is 11.5 Å². The number of carbonyl (C=O) groups is 3. The minimum atomic E-state index is -0.491. The van der Waals surface area contributed by atoms with Crippen LogP contribution in [0, 0.1) is 5.92 Å². The van der Waals surface area contributed by atoms with Gasteiger partial charge in [-0.2, -0.15) is 0 Å². The van der Waals surface area contributed by atoms with Gasteiger partial charge >= 0.3 is 5.97 Å². The van der Waals surface area contributed by atoms with E-state index in [0.29, 0.717) is 52.3 Å². The van der Waals surface area contributed by atoms with Crippen molar-refractivity contribution in [3.05, 3.63) is 57.6 Å². The molecule has 166 valence electrons. The largest absolute Gasteiger partial charge is 1.00 e. The normalized spacial score (nSPS) is 16.3. The summed E-state index contributed by atoms with van der Waals surface area (Å²) >= 11 is 11.6. The molecule has 2 aromatic carbocycles. The molecule has 2 aromatic rings. The molecule has 2 aliphatic heterocycles. The van der Waals surface area contributed by atoms with Crippen LogP contribution in [0.15, 0.2) is 36.4 Å². The topological polar surface area (TPSA) is 78.9 Å². The lowest BCUT2D eigenvalue weighted by Gasteiger charge is -2.23. The number of hydrogen-bond acceptors (Lipinski definition) is 6. The summed E-state index contributed by atoms with van der Waals surface area (Å²) in [5.74, 6) is 0.283. The second-order valence-corrected chi connectivity index (χ2v) is 7.56. The molecule has 0 spiro atoms. The van der Waals surface area contributed by atoms with Gasteiger partial charge in [-0.1, -0.05) is 23.2 Å². The Bertz CT molecular complexity index is 978. The standard InChI is InChI=1S/C13H13ClO4.C9H7ClO2.HI/c1-2-17-12(15)5-8-7-18-11-4-3-9(14)6-10(11)13(8)16;10-6-1-2-9-7(5-6)8(11)3-4-12-9;/h3-4,6,8H,2,5,7H2,1H3;1-2,5H,3-4H2;1H/p-1. The van der Waals surface area contributed by atoms with Crippen LogP contribution in [0.4, 0.5) is 0 Å². The average Bonchev–Trinajstić information content (AvgIpc) is 2.72. The first-order valence-electron chi connectivity index (χ1n) is 9.46. The lowest BCUT2D eigenvalue weighted by Crippen LogP contribution is -3.00. The Hall–Kier alpha value is -1.84. The molecule has 6 nitrogen and oxygen atoms in total. The first-order valence-corrected chi connectivity index (χ1v) is 10.2. The zero-order valence-corrected chi connectivity index (χ0v) is 20.3. The maximum absolute atomic E-state index is 12.2. The molecule has 31 heavy (non-hydrogen) atoms. The first kappa shape index (κ1) is 25.4. The van der Waals surface area contributed by atoms with Crippen LogP contribution in [0.1, 0.15) is 40.5 Å². The molecule has 0 aliphatic carbocycles. The lowest BCUT2D eigenvalue weighted by molar-refractivity contribution is -0.144. The Morgan fingerprint density at radius 1 is 1.03 bits per heavy atom. The molecule has 1 atom stereocenters. The predicted octanol–water partition coefficient (Wildman–Crippen LogP) is 1.79. The summed E-state index contributed by atoms with van der Waals surface area (Å²) in [6, 6.07) is 10.00. The van der Waals surface area contributed by atoms with Gasteiger partial charge in [0.05, 0.1) is 43.3 Å². The quantitative estimate of drug-likeness (QED) is 0.409. The summed E-state index contributed by atoms with van der Waals surface area (Å²) in [5.41, 5.74) is 1.04. The van der Waals surface area contributed by atoms with Crippen LogP contribution in [-0.4, -0.2) is 37.4 Å². The van der Waals surface area contributed by atoms with Gasteiger partial charge in [-0.15, -0.1) is 0 Å². The number of ketones is 2. The maximum atomic E-state index is 12.2. The highest BCUT2D eigenvalue weighted by Crippen LogP contribution is 2.31. The summed E-state index contributed by atoms with van der Waals surface area (Å²) in [4.78, 5) is 34.8. The molecule has 2 aliphatic rings. The van der Waals surface area contributed by atoms with E-state index in [9.17, 15) is 14.4 Å². The van der Waals surface area contributed by atoms with Crippen LogP contribution >= 0.6 is 23.2 Å². The van der Waals surface area contributed by atoms with Gasteiger partial charge in [0, 0.05) is 16.5 Å². The highest BCUT2D eigenvalue weighted by molar-refractivity contribution is 6.31. The minimum Gasteiger partial charge on any atom is -1.00 e. The van der Waals surface area contributed by atoms with Crippen molar-refractivity contribution in [2.24, 2.45) is 5.92 Å². The molecule has 0 saturated heterocycles. The second-order valence-electron chi connectivity index (χ2n) is 6.68. The molecule has 0 bridgehead atoms. The van der Waals surface area contributed by atoms with E-state index in [-0.39, 0.29) is 54.5 Å². The number of ether oxygens (including phenoxy) is 3. The fourth-order valence-corrected chi connectivity index (χ4v) is 3.46. The van der Waals surface area contributed by atoms with Gasteiger partial charge < -0.3 is 38.2 Å². The first-order chi connectivity index (χ1) is 14.4. The number of Topliss-reactive ketones (excluding diaryl/α,β-unsaturated/α-hetero) is 2. The number of rotatable bonds is 3. The molecule has 4 rings (SSSR count). The number of hydrogen-bond donors (Lipinski definition) is 0. The van der Waals surface area contributed by atoms with E-state index in [1.165, 1.54) is 0 Å². The Morgan fingerprint density at radius 3 is 2.29 bits per heavy atom. The van der Waals surface area contributed by atoms with Crippen molar-refractivity contribution in [2.75, 3.05) is 19.8 Å². The lowest BCUT2D eigenvalue weighted by atomic mass is 9.92. The summed E-state index contributed by atoms with van der Waals surface area (Å²) < 4.78 is 15.6. The molecule has 0 amide bonds. The zero-order chi connectivity index (χ0) is 21.7. The number of carbonyl (C=O) groups excluding carboxylic acids is 3. The summed E-state index contributed by atoms with van der Waals surface area (Å²) in [5, 5.41) is 1.05. The molecular formula is C22H20Cl2IO6-. The summed E-state index contributed by atoms with van der Waals surface area (Å²) in [7, 11) is 0. The number of esters is 1. The molecule has 0 radical (unpaired) electrons. The molecular weight excluding hydrogens is 558 g/mol. The van der Waals surface area contributed by atoms with Crippen LogP contribution < -0.4 is 33.5 Å². The number of benzene rings is 2. The van der Waals surface area contributed by atoms with Gasteiger partial charge in [-0.05, 0) is 43.3 Å². The summed E-state index contributed by atoms with van der Waals surface area (Å²) in [6.45, 7) is 2.72. The van der Waals surface area contributed by atoms with Crippen molar-refractivity contribution in [3.8, 4) is 11.5 Å². The molecule has 0 saturated carbocycles. The molecule has 2 heterocycles. The van der Waals surface area contributed by atoms with Gasteiger partial charge in [0.1, 0.15) is 11.5 Å². The maximum Gasteiger partial charge on any atom is 0.306 e. The third-order valence-electron chi connectivity index (χ3n) is 4.56. The Kier molecular flexibility index (Phi) is 9.58. The number of fused-ring (bicyclic) bond motifs is 2. The highest BCUT2D eigenvalue weighted by atomic mass is 127. The second kappa shape index (κ2) is 11.7. The SMILES string of the molecule is CCOC(=O)CC1COc2ccc(Cl)cc2C1=O.O=C1CCOc2ccc(Cl)cc21.[I-]. The zero-order valence-electron chi connectivity index (χ0n) is 16.7. The van der Waals surface area contributed by atoms with Crippen molar-refractivity contribution in [3.63, 3.8) is 0 Å². The van der Waals surface area contributed by atoms with Gasteiger partial charge in [0.2, 0.25) is 0 Å². The Balaban J connectivity index is 0.000000229. The molecule has 9 heteroatoms. The Labute approximate surface area is 207 Å². The minimum absolute atomic E-state index is 0. The smallest absolute Gasteiger partial charge is 0.306 e. The fraction of sp³-hybridized carbons (Fsp3) is 0.318. The molecule has 0 aromatic heterocycles. The third kappa shape index (κ3) is 6.57. The van der Waals surface area contributed by atoms with Crippen LogP contribution in [0.25, 0.3) is 0 Å². The van der Waals surface area contributed by atoms with Crippen molar-refractivity contribution < 1.29 is 52.6 Å². The van der Waals surface area contributed by atoms with E-state index >= 15 is 0 Å². The monoisotopic (exact) mass is 577 g/mol. The van der Waals surface area contributed by atoms with Gasteiger partial charge in [0.25, 0.3) is 0 Å². The van der Waals surface area contributed by atoms with Crippen molar-refractivity contribution in [1.29, 1.82) is 0 Å². The van der Waals surface area contributed by atoms with E-state index in [1.807, 2.05) is 0 Å². The van der Waals surface area contributed by atoms with E-state index in [2.05, 4.69) is 0 Å². The van der Waals surface area contributed by atoms with E-state index in [4.69, 9.17) is 37.4 Å². The van der Waals surface area contributed by atoms with Crippen molar-refractivity contribution >= 4 is 40.7 Å².